The SMILES string of the molecule is CCCc1nc(Cl)cc(N2CCCC(C)CC2)n1. The zero-order chi connectivity index (χ0) is 13.0. The van der Waals surface area contributed by atoms with E-state index in [1.165, 1.54) is 19.3 Å². The van der Waals surface area contributed by atoms with E-state index in [2.05, 4.69) is 28.7 Å². The second-order valence-electron chi connectivity index (χ2n) is 5.24. The second-order valence-corrected chi connectivity index (χ2v) is 5.63. The lowest BCUT2D eigenvalue weighted by atomic mass is 10.0. The lowest BCUT2D eigenvalue weighted by molar-refractivity contribution is 0.521. The number of aromatic nitrogens is 2. The Bertz CT molecular complexity index is 395. The van der Waals surface area contributed by atoms with Gasteiger partial charge in [-0.3, -0.25) is 0 Å². The summed E-state index contributed by atoms with van der Waals surface area (Å²) in [6.07, 6.45) is 5.75. The van der Waals surface area contributed by atoms with E-state index in [0.29, 0.717) is 5.15 Å². The van der Waals surface area contributed by atoms with E-state index in [9.17, 15) is 0 Å². The summed E-state index contributed by atoms with van der Waals surface area (Å²) >= 11 is 6.10. The quantitative estimate of drug-likeness (QED) is 0.782. The smallest absolute Gasteiger partial charge is 0.134 e. The third-order valence-corrected chi connectivity index (χ3v) is 3.74. The van der Waals surface area contributed by atoms with Crippen LogP contribution in [-0.2, 0) is 6.42 Å². The largest absolute Gasteiger partial charge is 0.356 e. The van der Waals surface area contributed by atoms with E-state index in [1.807, 2.05) is 6.07 Å². The predicted molar refractivity (Wildman–Crippen MR) is 76.3 cm³/mol. The van der Waals surface area contributed by atoms with Crippen molar-refractivity contribution in [1.82, 2.24) is 9.97 Å². The van der Waals surface area contributed by atoms with Crippen LogP contribution in [0, 0.1) is 5.92 Å². The average Bonchev–Trinajstić information content (AvgIpc) is 2.54. The minimum Gasteiger partial charge on any atom is -0.356 e. The highest BCUT2D eigenvalue weighted by atomic mass is 35.5. The molecular weight excluding hydrogens is 246 g/mol. The Morgan fingerprint density at radius 2 is 2.17 bits per heavy atom. The van der Waals surface area contributed by atoms with Gasteiger partial charge in [-0.25, -0.2) is 9.97 Å². The molecule has 4 heteroatoms. The molecule has 2 rings (SSSR count). The Balaban J connectivity index is 2.15. The van der Waals surface area contributed by atoms with Gasteiger partial charge in [0.1, 0.15) is 16.8 Å². The third kappa shape index (κ3) is 3.58. The van der Waals surface area contributed by atoms with Crippen LogP contribution in [0.25, 0.3) is 0 Å². The molecule has 0 aliphatic carbocycles. The molecular formula is C14H22ClN3. The van der Waals surface area contributed by atoms with Gasteiger partial charge in [-0.05, 0) is 31.6 Å². The first-order valence-corrected chi connectivity index (χ1v) is 7.35. The van der Waals surface area contributed by atoms with Gasteiger partial charge < -0.3 is 4.90 Å². The fourth-order valence-electron chi connectivity index (χ4n) is 2.44. The lowest BCUT2D eigenvalue weighted by Crippen LogP contribution is -2.25. The minimum atomic E-state index is 0.570. The Kier molecular flexibility index (Phi) is 4.81. The van der Waals surface area contributed by atoms with Gasteiger partial charge in [0.15, 0.2) is 0 Å². The molecule has 18 heavy (non-hydrogen) atoms. The van der Waals surface area contributed by atoms with Gasteiger partial charge in [0.05, 0.1) is 0 Å². The first kappa shape index (κ1) is 13.6. The monoisotopic (exact) mass is 267 g/mol. The van der Waals surface area contributed by atoms with Crippen molar-refractivity contribution in [2.24, 2.45) is 5.92 Å². The zero-order valence-electron chi connectivity index (χ0n) is 11.3. The van der Waals surface area contributed by atoms with Crippen molar-refractivity contribution in [2.75, 3.05) is 18.0 Å². The molecule has 2 heterocycles. The molecule has 0 N–H and O–H groups in total. The van der Waals surface area contributed by atoms with Crippen LogP contribution in [-0.4, -0.2) is 23.1 Å². The van der Waals surface area contributed by atoms with E-state index >= 15 is 0 Å². The molecule has 100 valence electrons. The number of hydrogen-bond donors (Lipinski definition) is 0. The Morgan fingerprint density at radius 1 is 1.33 bits per heavy atom. The van der Waals surface area contributed by atoms with Crippen molar-refractivity contribution < 1.29 is 0 Å². The molecule has 0 radical (unpaired) electrons. The Hall–Kier alpha value is -0.830. The lowest BCUT2D eigenvalue weighted by Gasteiger charge is -2.22. The van der Waals surface area contributed by atoms with E-state index < -0.39 is 0 Å². The maximum atomic E-state index is 6.10. The van der Waals surface area contributed by atoms with E-state index in [1.54, 1.807) is 0 Å². The van der Waals surface area contributed by atoms with Crippen LogP contribution in [0.1, 0.15) is 45.4 Å². The molecule has 1 fully saturated rings. The van der Waals surface area contributed by atoms with Crippen LogP contribution in [0.4, 0.5) is 5.82 Å². The molecule has 0 amide bonds. The van der Waals surface area contributed by atoms with Crippen molar-refractivity contribution in [2.45, 2.75) is 46.0 Å². The van der Waals surface area contributed by atoms with Gasteiger partial charge in [-0.15, -0.1) is 0 Å². The molecule has 0 spiro atoms. The first-order chi connectivity index (χ1) is 8.69. The van der Waals surface area contributed by atoms with Crippen LogP contribution < -0.4 is 4.90 Å². The van der Waals surface area contributed by atoms with Gasteiger partial charge >= 0.3 is 0 Å². The van der Waals surface area contributed by atoms with E-state index in [0.717, 1.165) is 43.5 Å². The summed E-state index contributed by atoms with van der Waals surface area (Å²) in [6, 6.07) is 1.90. The summed E-state index contributed by atoms with van der Waals surface area (Å²) in [4.78, 5) is 11.3. The summed E-state index contributed by atoms with van der Waals surface area (Å²) < 4.78 is 0. The molecule has 1 aliphatic heterocycles. The zero-order valence-corrected chi connectivity index (χ0v) is 12.1. The fourth-order valence-corrected chi connectivity index (χ4v) is 2.64. The molecule has 0 bridgehead atoms. The highest BCUT2D eigenvalue weighted by Gasteiger charge is 2.16. The molecule has 1 aromatic heterocycles. The number of hydrogen-bond acceptors (Lipinski definition) is 3. The predicted octanol–water partition coefficient (Wildman–Crippen LogP) is 3.71. The van der Waals surface area contributed by atoms with Gasteiger partial charge in [0.25, 0.3) is 0 Å². The average molecular weight is 268 g/mol. The van der Waals surface area contributed by atoms with Crippen molar-refractivity contribution >= 4 is 17.4 Å². The van der Waals surface area contributed by atoms with Crippen LogP contribution in [0.2, 0.25) is 5.15 Å². The van der Waals surface area contributed by atoms with Crippen molar-refractivity contribution in [3.05, 3.63) is 17.0 Å². The standard InChI is InChI=1S/C14H22ClN3/c1-3-5-13-16-12(15)10-14(17-13)18-8-4-6-11(2)7-9-18/h10-11H,3-9H2,1-2H3. The maximum absolute atomic E-state index is 6.10. The molecule has 0 aromatic carbocycles. The van der Waals surface area contributed by atoms with Crippen molar-refractivity contribution in [3.63, 3.8) is 0 Å². The number of rotatable bonds is 3. The Labute approximate surface area is 115 Å². The number of aryl methyl sites for hydroxylation is 1. The number of anilines is 1. The minimum absolute atomic E-state index is 0.570. The second kappa shape index (κ2) is 6.37. The molecule has 1 aliphatic rings. The van der Waals surface area contributed by atoms with Gasteiger partial charge in [0.2, 0.25) is 0 Å². The van der Waals surface area contributed by atoms with Crippen LogP contribution >= 0.6 is 11.6 Å². The summed E-state index contributed by atoms with van der Waals surface area (Å²) in [6.45, 7) is 6.64. The summed E-state index contributed by atoms with van der Waals surface area (Å²) in [5.74, 6) is 2.70. The number of halogens is 1. The van der Waals surface area contributed by atoms with Gasteiger partial charge in [0, 0.05) is 25.6 Å². The maximum Gasteiger partial charge on any atom is 0.134 e. The highest BCUT2D eigenvalue weighted by molar-refractivity contribution is 6.29. The van der Waals surface area contributed by atoms with Gasteiger partial charge in [-0.2, -0.15) is 0 Å². The summed E-state index contributed by atoms with van der Waals surface area (Å²) in [5, 5.41) is 0.570. The molecule has 1 aromatic rings. The van der Waals surface area contributed by atoms with Crippen LogP contribution in [0.5, 0.6) is 0 Å². The molecule has 3 nitrogen and oxygen atoms in total. The van der Waals surface area contributed by atoms with Crippen LogP contribution in [0.15, 0.2) is 6.07 Å². The van der Waals surface area contributed by atoms with Crippen molar-refractivity contribution in [3.8, 4) is 0 Å². The topological polar surface area (TPSA) is 29.0 Å². The molecule has 1 saturated heterocycles. The normalized spacial score (nSPS) is 20.8. The summed E-state index contributed by atoms with van der Waals surface area (Å²) in [7, 11) is 0. The van der Waals surface area contributed by atoms with Gasteiger partial charge in [-0.1, -0.05) is 25.4 Å². The van der Waals surface area contributed by atoms with Crippen LogP contribution in [0.3, 0.4) is 0 Å². The fraction of sp³-hybridized carbons (Fsp3) is 0.714. The van der Waals surface area contributed by atoms with Crippen molar-refractivity contribution in [1.29, 1.82) is 0 Å². The van der Waals surface area contributed by atoms with E-state index in [4.69, 9.17) is 11.6 Å². The molecule has 1 atom stereocenters. The first-order valence-electron chi connectivity index (χ1n) is 6.97. The molecule has 1 unspecified atom stereocenters. The highest BCUT2D eigenvalue weighted by Crippen LogP contribution is 2.22. The summed E-state index contributed by atoms with van der Waals surface area (Å²) in [5.41, 5.74) is 0. The van der Waals surface area contributed by atoms with E-state index in [-0.39, 0.29) is 0 Å². The Morgan fingerprint density at radius 3 is 2.94 bits per heavy atom. The molecule has 0 saturated carbocycles. The number of nitrogens with zero attached hydrogens (tertiary/aromatic N) is 3. The third-order valence-electron chi connectivity index (χ3n) is 3.54.